The van der Waals surface area contributed by atoms with Crippen LogP contribution in [0.2, 0.25) is 0 Å². The topological polar surface area (TPSA) is 43.1 Å². The molecule has 0 aliphatic carbocycles. The number of hydrogen-bond donors (Lipinski definition) is 1. The van der Waals surface area contributed by atoms with Crippen LogP contribution >= 0.6 is 0 Å². The van der Waals surface area contributed by atoms with Crippen molar-refractivity contribution in [1.82, 2.24) is 0 Å². The highest BCUT2D eigenvalue weighted by molar-refractivity contribution is 5.83. The summed E-state index contributed by atoms with van der Waals surface area (Å²) in [5.74, 6) is 0.204. The Bertz CT molecular complexity index is 154. The quantitative estimate of drug-likeness (QED) is 0.464. The Morgan fingerprint density at radius 2 is 2.23 bits per heavy atom. The Hall–Kier alpha value is -0.630. The molecule has 2 nitrogen and oxygen atoms in total. The average Bonchev–Trinajstić information content (AvgIpc) is 2.14. The number of unbranched alkanes of at least 4 members (excludes halogenated alkanes) is 2. The maximum Gasteiger partial charge on any atom is 0.149 e. The number of Topliss-reactive ketones (excluding diaryl/α,β-unsaturated/α-hetero) is 1. The summed E-state index contributed by atoms with van der Waals surface area (Å²) in [7, 11) is 0. The van der Waals surface area contributed by atoms with Gasteiger partial charge in [-0.1, -0.05) is 25.8 Å². The van der Waals surface area contributed by atoms with E-state index < -0.39 is 0 Å². The van der Waals surface area contributed by atoms with E-state index in [1.54, 1.807) is 0 Å². The van der Waals surface area contributed by atoms with E-state index in [2.05, 4.69) is 13.5 Å². The van der Waals surface area contributed by atoms with E-state index in [1.165, 1.54) is 0 Å². The predicted octanol–water partition coefficient (Wildman–Crippen LogP) is 2.43. The van der Waals surface area contributed by atoms with Gasteiger partial charge in [0.2, 0.25) is 0 Å². The van der Waals surface area contributed by atoms with Crippen molar-refractivity contribution in [2.75, 3.05) is 0 Å². The molecule has 0 amide bonds. The van der Waals surface area contributed by atoms with Crippen molar-refractivity contribution in [1.29, 1.82) is 0 Å². The molecule has 13 heavy (non-hydrogen) atoms. The Labute approximate surface area is 81.2 Å². The molecule has 0 fully saturated rings. The van der Waals surface area contributed by atoms with Gasteiger partial charge < -0.3 is 5.73 Å². The lowest BCUT2D eigenvalue weighted by atomic mass is 10.0. The van der Waals surface area contributed by atoms with Gasteiger partial charge in [0, 0.05) is 6.42 Å². The first-order valence-corrected chi connectivity index (χ1v) is 5.11. The van der Waals surface area contributed by atoms with Crippen LogP contribution in [0.5, 0.6) is 0 Å². The largest absolute Gasteiger partial charge is 0.322 e. The average molecular weight is 183 g/mol. The number of carbonyl (C=O) groups is 1. The fourth-order valence-electron chi connectivity index (χ4n) is 1.19. The molecule has 76 valence electrons. The first-order chi connectivity index (χ1) is 6.22. The van der Waals surface area contributed by atoms with E-state index in [-0.39, 0.29) is 11.8 Å². The van der Waals surface area contributed by atoms with Gasteiger partial charge in [-0.25, -0.2) is 0 Å². The van der Waals surface area contributed by atoms with Crippen LogP contribution in [0.3, 0.4) is 0 Å². The highest BCUT2D eigenvalue weighted by Crippen LogP contribution is 2.04. The van der Waals surface area contributed by atoms with Crippen LogP contribution in [0.15, 0.2) is 12.7 Å². The SMILES string of the molecule is C=CCCCC(=O)C(N)CCCC. The Kier molecular flexibility index (Phi) is 7.60. The van der Waals surface area contributed by atoms with Gasteiger partial charge in [-0.15, -0.1) is 6.58 Å². The number of rotatable bonds is 8. The zero-order valence-corrected chi connectivity index (χ0v) is 8.59. The molecule has 1 atom stereocenters. The highest BCUT2D eigenvalue weighted by Gasteiger charge is 2.11. The lowest BCUT2D eigenvalue weighted by Crippen LogP contribution is -2.30. The predicted molar refractivity (Wildman–Crippen MR) is 56.6 cm³/mol. The second-order valence-electron chi connectivity index (χ2n) is 3.40. The monoisotopic (exact) mass is 183 g/mol. The summed E-state index contributed by atoms with van der Waals surface area (Å²) in [4.78, 5) is 11.4. The maximum absolute atomic E-state index is 11.4. The number of carbonyl (C=O) groups excluding carboxylic acids is 1. The number of allylic oxidation sites excluding steroid dienone is 1. The molecule has 0 rings (SSSR count). The lowest BCUT2D eigenvalue weighted by Gasteiger charge is -2.08. The maximum atomic E-state index is 11.4. The summed E-state index contributed by atoms with van der Waals surface area (Å²) in [6.45, 7) is 5.72. The van der Waals surface area contributed by atoms with Crippen molar-refractivity contribution in [2.24, 2.45) is 5.73 Å². The van der Waals surface area contributed by atoms with Crippen LogP contribution < -0.4 is 5.73 Å². The Morgan fingerprint density at radius 1 is 1.54 bits per heavy atom. The van der Waals surface area contributed by atoms with Crippen molar-refractivity contribution in [3.8, 4) is 0 Å². The van der Waals surface area contributed by atoms with Crippen molar-refractivity contribution in [3.63, 3.8) is 0 Å². The fourth-order valence-corrected chi connectivity index (χ4v) is 1.19. The summed E-state index contributed by atoms with van der Waals surface area (Å²) in [5, 5.41) is 0. The molecule has 0 heterocycles. The van der Waals surface area contributed by atoms with Crippen molar-refractivity contribution >= 4 is 5.78 Å². The molecule has 0 aromatic carbocycles. The summed E-state index contributed by atoms with van der Waals surface area (Å²) < 4.78 is 0. The molecule has 0 spiro atoms. The van der Waals surface area contributed by atoms with Crippen LogP contribution in [0.4, 0.5) is 0 Å². The molecule has 0 aliphatic rings. The van der Waals surface area contributed by atoms with Crippen LogP contribution in [-0.4, -0.2) is 11.8 Å². The molecule has 0 saturated carbocycles. The molecule has 0 saturated heterocycles. The van der Waals surface area contributed by atoms with Gasteiger partial charge in [0.1, 0.15) is 5.78 Å². The second kappa shape index (κ2) is 7.99. The molecule has 0 aromatic heterocycles. The third kappa shape index (κ3) is 6.52. The van der Waals surface area contributed by atoms with Crippen molar-refractivity contribution < 1.29 is 4.79 Å². The van der Waals surface area contributed by atoms with E-state index in [0.29, 0.717) is 6.42 Å². The summed E-state index contributed by atoms with van der Waals surface area (Å²) in [5.41, 5.74) is 5.71. The van der Waals surface area contributed by atoms with Crippen LogP contribution in [0, 0.1) is 0 Å². The standard InChI is InChI=1S/C11H21NO/c1-3-5-7-9-11(13)10(12)8-6-4-2/h3,10H,1,4-9,12H2,2H3. The van der Waals surface area contributed by atoms with E-state index in [1.807, 2.05) is 6.08 Å². The molecular formula is C11H21NO. The van der Waals surface area contributed by atoms with Crippen LogP contribution in [0.25, 0.3) is 0 Å². The zero-order chi connectivity index (χ0) is 10.1. The Morgan fingerprint density at radius 3 is 2.77 bits per heavy atom. The fraction of sp³-hybridized carbons (Fsp3) is 0.727. The Balaban J connectivity index is 3.50. The minimum atomic E-state index is -0.232. The molecule has 0 aliphatic heterocycles. The molecule has 2 heteroatoms. The van der Waals surface area contributed by atoms with E-state index >= 15 is 0 Å². The summed E-state index contributed by atoms with van der Waals surface area (Å²) in [6, 6.07) is -0.232. The first kappa shape index (κ1) is 12.4. The van der Waals surface area contributed by atoms with Crippen molar-refractivity contribution in [3.05, 3.63) is 12.7 Å². The second-order valence-corrected chi connectivity index (χ2v) is 3.40. The smallest absolute Gasteiger partial charge is 0.149 e. The van der Waals surface area contributed by atoms with Crippen LogP contribution in [-0.2, 0) is 4.79 Å². The summed E-state index contributed by atoms with van der Waals surface area (Å²) in [6.07, 6.45) is 7.24. The first-order valence-electron chi connectivity index (χ1n) is 5.11. The van der Waals surface area contributed by atoms with Crippen LogP contribution in [0.1, 0.15) is 45.4 Å². The van der Waals surface area contributed by atoms with E-state index in [4.69, 9.17) is 5.73 Å². The lowest BCUT2D eigenvalue weighted by molar-refractivity contribution is -0.120. The van der Waals surface area contributed by atoms with Gasteiger partial charge in [0.25, 0.3) is 0 Å². The number of ketones is 1. The minimum Gasteiger partial charge on any atom is -0.322 e. The molecule has 0 bridgehead atoms. The van der Waals surface area contributed by atoms with Gasteiger partial charge in [-0.05, 0) is 19.3 Å². The normalized spacial score (nSPS) is 12.5. The molecule has 0 aromatic rings. The third-order valence-corrected chi connectivity index (χ3v) is 2.11. The zero-order valence-electron chi connectivity index (χ0n) is 8.59. The molecule has 0 radical (unpaired) electrons. The van der Waals surface area contributed by atoms with Gasteiger partial charge in [-0.3, -0.25) is 4.79 Å². The van der Waals surface area contributed by atoms with Gasteiger partial charge in [-0.2, -0.15) is 0 Å². The van der Waals surface area contributed by atoms with Gasteiger partial charge in [0.05, 0.1) is 6.04 Å². The molecule has 1 unspecified atom stereocenters. The molecular weight excluding hydrogens is 162 g/mol. The van der Waals surface area contributed by atoms with E-state index in [0.717, 1.165) is 32.1 Å². The number of nitrogens with two attached hydrogens (primary N) is 1. The molecule has 2 N–H and O–H groups in total. The van der Waals surface area contributed by atoms with Gasteiger partial charge in [0.15, 0.2) is 0 Å². The van der Waals surface area contributed by atoms with Crippen molar-refractivity contribution in [2.45, 2.75) is 51.5 Å². The van der Waals surface area contributed by atoms with Gasteiger partial charge >= 0.3 is 0 Å². The highest BCUT2D eigenvalue weighted by atomic mass is 16.1. The number of hydrogen-bond acceptors (Lipinski definition) is 2. The minimum absolute atomic E-state index is 0.204. The third-order valence-electron chi connectivity index (χ3n) is 2.11. The summed E-state index contributed by atoms with van der Waals surface area (Å²) >= 11 is 0. The van der Waals surface area contributed by atoms with E-state index in [9.17, 15) is 4.79 Å².